The Balaban J connectivity index is 1.41. The van der Waals surface area contributed by atoms with Crippen molar-refractivity contribution < 1.29 is 4.39 Å². The van der Waals surface area contributed by atoms with Gasteiger partial charge in [-0.15, -0.1) is 0 Å². The molecule has 2 aliphatic carbocycles. The van der Waals surface area contributed by atoms with Gasteiger partial charge < -0.3 is 5.32 Å². The molecule has 1 aromatic heterocycles. The molecule has 1 aromatic carbocycles. The second kappa shape index (κ2) is 5.20. The lowest BCUT2D eigenvalue weighted by atomic mass is 9.54. The van der Waals surface area contributed by atoms with Crippen LogP contribution in [-0.2, 0) is 6.54 Å². The van der Waals surface area contributed by atoms with Crippen LogP contribution in [0.4, 0.5) is 4.39 Å². The summed E-state index contributed by atoms with van der Waals surface area (Å²) in [6, 6.07) is 7.41. The van der Waals surface area contributed by atoms with Crippen molar-refractivity contribution in [2.24, 2.45) is 5.41 Å². The maximum Gasteiger partial charge on any atom is 0.148 e. The molecule has 1 N–H and O–H groups in total. The number of nitrogens with one attached hydrogen (secondary N) is 1. The molecule has 0 radical (unpaired) electrons. The van der Waals surface area contributed by atoms with E-state index in [4.69, 9.17) is 0 Å². The molecule has 0 atom stereocenters. The molecule has 1 spiro atoms. The second-order valence-electron chi connectivity index (χ2n) is 6.98. The molecule has 2 saturated carbocycles. The van der Waals surface area contributed by atoms with Crippen LogP contribution in [-0.4, -0.2) is 15.8 Å². The Morgan fingerprint density at radius 1 is 1.32 bits per heavy atom. The first kappa shape index (κ1) is 13.9. The SMILES string of the molecule is Cc1nn(-c2ccccc2F)cc1CNC1CC2(CCC2)C1. The second-order valence-corrected chi connectivity index (χ2v) is 6.98. The van der Waals surface area contributed by atoms with E-state index in [1.54, 1.807) is 16.8 Å². The maximum atomic E-state index is 13.8. The van der Waals surface area contributed by atoms with Crippen molar-refractivity contribution in [3.63, 3.8) is 0 Å². The van der Waals surface area contributed by atoms with Gasteiger partial charge in [0.05, 0.1) is 5.69 Å². The third-order valence-electron chi connectivity index (χ3n) is 5.45. The van der Waals surface area contributed by atoms with Gasteiger partial charge in [-0.2, -0.15) is 5.10 Å². The average molecular weight is 299 g/mol. The van der Waals surface area contributed by atoms with Gasteiger partial charge in [-0.05, 0) is 50.2 Å². The van der Waals surface area contributed by atoms with Crippen LogP contribution in [0.5, 0.6) is 0 Å². The number of rotatable bonds is 4. The summed E-state index contributed by atoms with van der Waals surface area (Å²) in [5.74, 6) is -0.240. The molecule has 1 heterocycles. The summed E-state index contributed by atoms with van der Waals surface area (Å²) < 4.78 is 15.5. The average Bonchev–Trinajstić information content (AvgIpc) is 2.77. The highest BCUT2D eigenvalue weighted by Gasteiger charge is 2.47. The molecule has 2 fully saturated rings. The van der Waals surface area contributed by atoms with E-state index in [0.29, 0.717) is 17.1 Å². The molecule has 0 bridgehead atoms. The van der Waals surface area contributed by atoms with Crippen LogP contribution in [0.2, 0.25) is 0 Å². The van der Waals surface area contributed by atoms with Crippen LogP contribution in [0.3, 0.4) is 0 Å². The molecule has 116 valence electrons. The van der Waals surface area contributed by atoms with Gasteiger partial charge in [0.25, 0.3) is 0 Å². The fourth-order valence-electron chi connectivity index (χ4n) is 3.90. The highest BCUT2D eigenvalue weighted by molar-refractivity contribution is 5.34. The minimum Gasteiger partial charge on any atom is -0.310 e. The van der Waals surface area contributed by atoms with Gasteiger partial charge in [-0.3, -0.25) is 0 Å². The predicted octanol–water partition coefficient (Wildman–Crippen LogP) is 3.74. The molecular formula is C18H22FN3. The Morgan fingerprint density at radius 3 is 2.77 bits per heavy atom. The number of nitrogens with zero attached hydrogens (tertiary/aromatic N) is 2. The highest BCUT2D eigenvalue weighted by Crippen LogP contribution is 2.55. The zero-order chi connectivity index (χ0) is 15.2. The quantitative estimate of drug-likeness (QED) is 0.932. The van der Waals surface area contributed by atoms with Crippen LogP contribution in [0.15, 0.2) is 30.5 Å². The van der Waals surface area contributed by atoms with E-state index in [2.05, 4.69) is 10.4 Å². The van der Waals surface area contributed by atoms with Crippen LogP contribution < -0.4 is 5.32 Å². The zero-order valence-corrected chi connectivity index (χ0v) is 13.0. The molecule has 2 aromatic rings. The maximum absolute atomic E-state index is 13.8. The number of hydrogen-bond donors (Lipinski definition) is 1. The predicted molar refractivity (Wildman–Crippen MR) is 84.4 cm³/mol. The lowest BCUT2D eigenvalue weighted by molar-refractivity contribution is -0.00265. The topological polar surface area (TPSA) is 29.9 Å². The molecule has 0 saturated heterocycles. The monoisotopic (exact) mass is 299 g/mol. The molecule has 4 heteroatoms. The first-order valence-electron chi connectivity index (χ1n) is 8.19. The Labute approximate surface area is 130 Å². The van der Waals surface area contributed by atoms with Gasteiger partial charge in [0.2, 0.25) is 0 Å². The number of aryl methyl sites for hydroxylation is 1. The van der Waals surface area contributed by atoms with Crippen molar-refractivity contribution in [2.45, 2.75) is 51.6 Å². The fourth-order valence-corrected chi connectivity index (χ4v) is 3.90. The third kappa shape index (κ3) is 2.35. The summed E-state index contributed by atoms with van der Waals surface area (Å²) in [6.45, 7) is 2.81. The third-order valence-corrected chi connectivity index (χ3v) is 5.45. The first-order valence-corrected chi connectivity index (χ1v) is 8.19. The van der Waals surface area contributed by atoms with Gasteiger partial charge in [-0.1, -0.05) is 18.6 Å². The number of aromatic nitrogens is 2. The Kier molecular flexibility index (Phi) is 3.30. The summed E-state index contributed by atoms with van der Waals surface area (Å²) in [6.07, 6.45) is 8.87. The van der Waals surface area contributed by atoms with Crippen molar-refractivity contribution >= 4 is 0 Å². The summed E-state index contributed by atoms with van der Waals surface area (Å²) >= 11 is 0. The number of hydrogen-bond acceptors (Lipinski definition) is 2. The van der Waals surface area contributed by atoms with Crippen LogP contribution in [0, 0.1) is 18.2 Å². The Hall–Kier alpha value is -1.68. The number of para-hydroxylation sites is 1. The largest absolute Gasteiger partial charge is 0.310 e. The highest BCUT2D eigenvalue weighted by atomic mass is 19.1. The van der Waals surface area contributed by atoms with E-state index in [1.807, 2.05) is 19.2 Å². The van der Waals surface area contributed by atoms with Gasteiger partial charge in [0.15, 0.2) is 0 Å². The summed E-state index contributed by atoms with van der Waals surface area (Å²) in [4.78, 5) is 0. The van der Waals surface area contributed by atoms with Crippen molar-refractivity contribution in [2.75, 3.05) is 0 Å². The lowest BCUT2D eigenvalue weighted by Crippen LogP contribution is -2.51. The van der Waals surface area contributed by atoms with Crippen LogP contribution in [0.25, 0.3) is 5.69 Å². The Morgan fingerprint density at radius 2 is 2.09 bits per heavy atom. The van der Waals surface area contributed by atoms with Gasteiger partial charge in [-0.25, -0.2) is 9.07 Å². The minimum atomic E-state index is -0.240. The number of halogens is 1. The van der Waals surface area contributed by atoms with Gasteiger partial charge >= 0.3 is 0 Å². The van der Waals surface area contributed by atoms with E-state index in [-0.39, 0.29) is 5.82 Å². The minimum absolute atomic E-state index is 0.240. The van der Waals surface area contributed by atoms with Gasteiger partial charge in [0, 0.05) is 24.3 Å². The van der Waals surface area contributed by atoms with E-state index >= 15 is 0 Å². The van der Waals surface area contributed by atoms with E-state index in [0.717, 1.165) is 17.8 Å². The number of benzene rings is 1. The summed E-state index contributed by atoms with van der Waals surface area (Å²) in [5.41, 5.74) is 3.32. The standard InChI is InChI=1S/C18H22FN3/c1-13-14(11-20-15-9-18(10-15)7-4-8-18)12-22(21-13)17-6-3-2-5-16(17)19/h2-3,5-6,12,15,20H,4,7-11H2,1H3. The van der Waals surface area contributed by atoms with Crippen molar-refractivity contribution in [1.82, 2.24) is 15.1 Å². The molecule has 22 heavy (non-hydrogen) atoms. The van der Waals surface area contributed by atoms with Crippen molar-refractivity contribution in [3.05, 3.63) is 47.5 Å². The van der Waals surface area contributed by atoms with Crippen LogP contribution >= 0.6 is 0 Å². The molecule has 0 aliphatic heterocycles. The van der Waals surface area contributed by atoms with Crippen molar-refractivity contribution in [3.8, 4) is 5.69 Å². The summed E-state index contributed by atoms with van der Waals surface area (Å²) in [5, 5.41) is 8.09. The van der Waals surface area contributed by atoms with Gasteiger partial charge in [0.1, 0.15) is 11.5 Å². The molecule has 2 aliphatic rings. The lowest BCUT2D eigenvalue weighted by Gasteiger charge is -2.54. The van der Waals surface area contributed by atoms with Crippen molar-refractivity contribution in [1.29, 1.82) is 0 Å². The smallest absolute Gasteiger partial charge is 0.148 e. The molecule has 0 amide bonds. The van der Waals surface area contributed by atoms with E-state index < -0.39 is 0 Å². The Bertz CT molecular complexity index is 679. The molecule has 4 rings (SSSR count). The molecule has 3 nitrogen and oxygen atoms in total. The first-order chi connectivity index (χ1) is 10.7. The van der Waals surface area contributed by atoms with E-state index in [9.17, 15) is 4.39 Å². The zero-order valence-electron chi connectivity index (χ0n) is 13.0. The fraction of sp³-hybridized carbons (Fsp3) is 0.500. The normalized spacial score (nSPS) is 19.9. The summed E-state index contributed by atoms with van der Waals surface area (Å²) in [7, 11) is 0. The molecule has 0 unspecified atom stereocenters. The molecular weight excluding hydrogens is 277 g/mol. The van der Waals surface area contributed by atoms with E-state index in [1.165, 1.54) is 38.2 Å². The van der Waals surface area contributed by atoms with Crippen LogP contribution in [0.1, 0.15) is 43.4 Å².